The maximum atomic E-state index is 5.86. The molecule has 2 rings (SSSR count). The Morgan fingerprint density at radius 2 is 2.22 bits per heavy atom. The molecule has 2 heterocycles. The van der Waals surface area contributed by atoms with Crippen molar-refractivity contribution in [3.05, 3.63) is 15.9 Å². The van der Waals surface area contributed by atoms with Crippen molar-refractivity contribution in [1.29, 1.82) is 0 Å². The van der Waals surface area contributed by atoms with Crippen LogP contribution in [0.1, 0.15) is 24.7 Å². The molecule has 4 nitrogen and oxygen atoms in total. The molecule has 1 aliphatic rings. The summed E-state index contributed by atoms with van der Waals surface area (Å²) in [6, 6.07) is 0. The highest BCUT2D eigenvalue weighted by Gasteiger charge is 2.26. The quantitative estimate of drug-likeness (QED) is 0.927. The zero-order chi connectivity index (χ0) is 13.3. The smallest absolute Gasteiger partial charge is 0.0739 e. The molecule has 5 heteroatoms. The van der Waals surface area contributed by atoms with Gasteiger partial charge in [0.25, 0.3) is 0 Å². The molecule has 1 aromatic heterocycles. The Bertz CT molecular complexity index is 415. The molecule has 0 radical (unpaired) electrons. The number of likely N-dealkylation sites (tertiary alicyclic amines) is 1. The number of piperidine rings is 1. The van der Waals surface area contributed by atoms with Gasteiger partial charge in [-0.05, 0) is 54.2 Å². The summed E-state index contributed by atoms with van der Waals surface area (Å²) in [4.78, 5) is 2.50. The fraction of sp³-hybridized carbons (Fsp3) is 0.769. The molecule has 0 bridgehead atoms. The van der Waals surface area contributed by atoms with E-state index in [2.05, 4.69) is 32.9 Å². The lowest BCUT2D eigenvalue weighted by molar-refractivity contribution is 0.123. The highest BCUT2D eigenvalue weighted by molar-refractivity contribution is 9.10. The Kier molecular flexibility index (Phi) is 4.45. The summed E-state index contributed by atoms with van der Waals surface area (Å²) in [5.41, 5.74) is 8.18. The number of nitrogens with zero attached hydrogens (tertiary/aromatic N) is 3. The Hall–Kier alpha value is -0.390. The van der Waals surface area contributed by atoms with Gasteiger partial charge in [-0.2, -0.15) is 5.10 Å². The molecule has 2 atom stereocenters. The molecule has 18 heavy (non-hydrogen) atoms. The first kappa shape index (κ1) is 14.0. The SMILES string of the molecule is Cc1nn(C)c(CN2CCC(C)C(CN)C2)c1Br. The third-order valence-electron chi connectivity index (χ3n) is 4.14. The topological polar surface area (TPSA) is 47.1 Å². The van der Waals surface area contributed by atoms with Crippen molar-refractivity contribution in [2.45, 2.75) is 26.8 Å². The van der Waals surface area contributed by atoms with E-state index in [0.717, 1.165) is 42.3 Å². The number of aryl methyl sites for hydroxylation is 2. The average Bonchev–Trinajstić information content (AvgIpc) is 2.58. The lowest BCUT2D eigenvalue weighted by Gasteiger charge is -2.36. The molecular weight excluding hydrogens is 292 g/mol. The Balaban J connectivity index is 2.05. The molecule has 1 fully saturated rings. The van der Waals surface area contributed by atoms with Crippen LogP contribution < -0.4 is 5.73 Å². The molecule has 2 N–H and O–H groups in total. The maximum absolute atomic E-state index is 5.86. The van der Waals surface area contributed by atoms with Gasteiger partial charge < -0.3 is 5.73 Å². The number of aromatic nitrogens is 2. The van der Waals surface area contributed by atoms with Crippen LogP contribution in [-0.2, 0) is 13.6 Å². The molecule has 0 aromatic carbocycles. The van der Waals surface area contributed by atoms with Gasteiger partial charge in [0.1, 0.15) is 0 Å². The number of rotatable bonds is 3. The van der Waals surface area contributed by atoms with E-state index in [-0.39, 0.29) is 0 Å². The minimum Gasteiger partial charge on any atom is -0.330 e. The van der Waals surface area contributed by atoms with Crippen molar-refractivity contribution in [3.8, 4) is 0 Å². The average molecular weight is 315 g/mol. The Morgan fingerprint density at radius 3 is 2.78 bits per heavy atom. The lowest BCUT2D eigenvalue weighted by atomic mass is 9.87. The van der Waals surface area contributed by atoms with E-state index >= 15 is 0 Å². The summed E-state index contributed by atoms with van der Waals surface area (Å²) in [7, 11) is 2.01. The first-order valence-electron chi connectivity index (χ1n) is 6.63. The maximum Gasteiger partial charge on any atom is 0.0739 e. The standard InChI is InChI=1S/C13H23BrN4/c1-9-4-5-18(7-11(9)6-15)8-12-13(14)10(2)16-17(12)3/h9,11H,4-8,15H2,1-3H3. The van der Waals surface area contributed by atoms with E-state index in [4.69, 9.17) is 5.73 Å². The highest BCUT2D eigenvalue weighted by atomic mass is 79.9. The number of hydrogen-bond donors (Lipinski definition) is 1. The van der Waals surface area contributed by atoms with Gasteiger partial charge in [-0.15, -0.1) is 0 Å². The number of hydrogen-bond acceptors (Lipinski definition) is 3. The van der Waals surface area contributed by atoms with E-state index in [1.807, 2.05) is 18.7 Å². The van der Waals surface area contributed by atoms with Gasteiger partial charge in [-0.1, -0.05) is 6.92 Å². The monoisotopic (exact) mass is 314 g/mol. The third kappa shape index (κ3) is 2.78. The molecule has 1 aliphatic heterocycles. The number of nitrogens with two attached hydrogens (primary N) is 1. The van der Waals surface area contributed by atoms with Crippen LogP contribution in [0.4, 0.5) is 0 Å². The zero-order valence-electron chi connectivity index (χ0n) is 11.5. The fourth-order valence-electron chi connectivity index (χ4n) is 2.74. The summed E-state index contributed by atoms with van der Waals surface area (Å²) < 4.78 is 3.13. The van der Waals surface area contributed by atoms with Crippen molar-refractivity contribution in [2.75, 3.05) is 19.6 Å². The van der Waals surface area contributed by atoms with Gasteiger partial charge >= 0.3 is 0 Å². The predicted molar refractivity (Wildman–Crippen MR) is 77.2 cm³/mol. The van der Waals surface area contributed by atoms with Crippen LogP contribution in [0.2, 0.25) is 0 Å². The van der Waals surface area contributed by atoms with E-state index in [9.17, 15) is 0 Å². The van der Waals surface area contributed by atoms with Crippen LogP contribution in [-0.4, -0.2) is 34.3 Å². The van der Waals surface area contributed by atoms with Crippen LogP contribution in [0.25, 0.3) is 0 Å². The van der Waals surface area contributed by atoms with Crippen molar-refractivity contribution < 1.29 is 0 Å². The molecule has 0 spiro atoms. The van der Waals surface area contributed by atoms with Crippen molar-refractivity contribution >= 4 is 15.9 Å². The van der Waals surface area contributed by atoms with E-state index in [1.54, 1.807) is 0 Å². The largest absolute Gasteiger partial charge is 0.330 e. The summed E-state index contributed by atoms with van der Waals surface area (Å²) >= 11 is 3.64. The van der Waals surface area contributed by atoms with Gasteiger partial charge in [0.15, 0.2) is 0 Å². The first-order valence-corrected chi connectivity index (χ1v) is 7.42. The third-order valence-corrected chi connectivity index (χ3v) is 5.17. The van der Waals surface area contributed by atoms with Crippen molar-refractivity contribution in [2.24, 2.45) is 24.6 Å². The normalized spacial score (nSPS) is 25.6. The van der Waals surface area contributed by atoms with E-state index < -0.39 is 0 Å². The Labute approximate surface area is 118 Å². The van der Waals surface area contributed by atoms with E-state index in [1.165, 1.54) is 12.1 Å². The number of halogens is 1. The van der Waals surface area contributed by atoms with Gasteiger partial charge in [-0.3, -0.25) is 9.58 Å². The molecular formula is C13H23BrN4. The van der Waals surface area contributed by atoms with Gasteiger partial charge in [0.05, 0.1) is 15.9 Å². The second kappa shape index (κ2) is 5.72. The molecule has 1 saturated heterocycles. The molecule has 2 unspecified atom stereocenters. The second-order valence-corrected chi connectivity index (χ2v) is 6.26. The first-order chi connectivity index (χ1) is 8.52. The lowest BCUT2D eigenvalue weighted by Crippen LogP contribution is -2.42. The van der Waals surface area contributed by atoms with Crippen LogP contribution in [0.5, 0.6) is 0 Å². The van der Waals surface area contributed by atoms with Crippen LogP contribution in [0, 0.1) is 18.8 Å². The second-order valence-electron chi connectivity index (χ2n) is 5.47. The van der Waals surface area contributed by atoms with Gasteiger partial charge in [0, 0.05) is 20.1 Å². The van der Waals surface area contributed by atoms with Gasteiger partial charge in [-0.25, -0.2) is 0 Å². The molecule has 0 saturated carbocycles. The Morgan fingerprint density at radius 1 is 1.50 bits per heavy atom. The van der Waals surface area contributed by atoms with Crippen LogP contribution >= 0.6 is 15.9 Å². The molecule has 102 valence electrons. The van der Waals surface area contributed by atoms with Crippen molar-refractivity contribution in [3.63, 3.8) is 0 Å². The van der Waals surface area contributed by atoms with Crippen LogP contribution in [0.15, 0.2) is 4.47 Å². The molecule has 0 amide bonds. The minimum atomic E-state index is 0.631. The molecule has 1 aromatic rings. The molecule has 0 aliphatic carbocycles. The minimum absolute atomic E-state index is 0.631. The zero-order valence-corrected chi connectivity index (χ0v) is 13.1. The van der Waals surface area contributed by atoms with Gasteiger partial charge in [0.2, 0.25) is 0 Å². The predicted octanol–water partition coefficient (Wildman–Crippen LogP) is 1.91. The van der Waals surface area contributed by atoms with Crippen molar-refractivity contribution in [1.82, 2.24) is 14.7 Å². The van der Waals surface area contributed by atoms with E-state index in [0.29, 0.717) is 5.92 Å². The van der Waals surface area contributed by atoms with Crippen LogP contribution in [0.3, 0.4) is 0 Å². The summed E-state index contributed by atoms with van der Waals surface area (Å²) in [5, 5.41) is 4.45. The summed E-state index contributed by atoms with van der Waals surface area (Å²) in [6.45, 7) is 8.38. The highest BCUT2D eigenvalue weighted by Crippen LogP contribution is 2.26. The summed E-state index contributed by atoms with van der Waals surface area (Å²) in [6.07, 6.45) is 1.25. The fourth-order valence-corrected chi connectivity index (χ4v) is 3.20. The summed E-state index contributed by atoms with van der Waals surface area (Å²) in [5.74, 6) is 1.38.